The molecule has 1 rings (SSSR count). The van der Waals surface area contributed by atoms with Crippen LogP contribution in [0.2, 0.25) is 0 Å². The molecule has 0 saturated carbocycles. The predicted molar refractivity (Wildman–Crippen MR) is 77.9 cm³/mol. The van der Waals surface area contributed by atoms with Crippen LogP contribution in [0.3, 0.4) is 0 Å². The smallest absolute Gasteiger partial charge is 0.0697 e. The Bertz CT molecular complexity index is 316. The number of ether oxygens (including phenoxy) is 1. The summed E-state index contributed by atoms with van der Waals surface area (Å²) in [5.74, 6) is 0. The minimum absolute atomic E-state index is 0.163. The highest BCUT2D eigenvalue weighted by molar-refractivity contribution is 5.14. The first-order chi connectivity index (χ1) is 8.51. The zero-order valence-electron chi connectivity index (χ0n) is 12.2. The largest absolute Gasteiger partial charge is 0.377 e. The summed E-state index contributed by atoms with van der Waals surface area (Å²) in [5.41, 5.74) is 1.51. The fourth-order valence-electron chi connectivity index (χ4n) is 1.73. The van der Waals surface area contributed by atoms with Crippen LogP contribution in [0.1, 0.15) is 39.7 Å². The average molecular weight is 249 g/mol. The lowest BCUT2D eigenvalue weighted by Crippen LogP contribution is -2.41. The second-order valence-corrected chi connectivity index (χ2v) is 5.77. The molecule has 1 N–H and O–H groups in total. The van der Waals surface area contributed by atoms with Gasteiger partial charge in [-0.2, -0.15) is 0 Å². The molecule has 0 heterocycles. The highest BCUT2D eigenvalue weighted by Gasteiger charge is 2.13. The standard InChI is InChI=1S/C16H27NO/c1-5-15(13-17-16(2,3)4)18-12-11-14-9-7-6-8-10-14/h6-10,15,17H,5,11-13H2,1-4H3. The van der Waals surface area contributed by atoms with Crippen LogP contribution in [0.5, 0.6) is 0 Å². The molecule has 0 aliphatic rings. The summed E-state index contributed by atoms with van der Waals surface area (Å²) in [7, 11) is 0. The molecular formula is C16H27NO. The summed E-state index contributed by atoms with van der Waals surface area (Å²) >= 11 is 0. The molecule has 0 aliphatic carbocycles. The maximum absolute atomic E-state index is 5.93. The molecule has 102 valence electrons. The van der Waals surface area contributed by atoms with Gasteiger partial charge in [-0.05, 0) is 39.2 Å². The quantitative estimate of drug-likeness (QED) is 0.799. The summed E-state index contributed by atoms with van der Waals surface area (Å²) in [6.45, 7) is 10.5. The van der Waals surface area contributed by atoms with Crippen molar-refractivity contribution in [3.63, 3.8) is 0 Å². The molecule has 0 bridgehead atoms. The third-order valence-electron chi connectivity index (χ3n) is 2.90. The fourth-order valence-corrected chi connectivity index (χ4v) is 1.73. The normalized spacial score (nSPS) is 13.6. The van der Waals surface area contributed by atoms with Crippen LogP contribution in [0.25, 0.3) is 0 Å². The molecule has 18 heavy (non-hydrogen) atoms. The van der Waals surface area contributed by atoms with Crippen LogP contribution in [0.4, 0.5) is 0 Å². The lowest BCUT2D eigenvalue weighted by atomic mass is 10.1. The fraction of sp³-hybridized carbons (Fsp3) is 0.625. The topological polar surface area (TPSA) is 21.3 Å². The van der Waals surface area contributed by atoms with E-state index in [2.05, 4.69) is 57.3 Å². The second kappa shape index (κ2) is 7.55. The number of hydrogen-bond donors (Lipinski definition) is 1. The highest BCUT2D eigenvalue weighted by Crippen LogP contribution is 2.05. The monoisotopic (exact) mass is 249 g/mol. The first-order valence-electron chi connectivity index (χ1n) is 6.92. The van der Waals surface area contributed by atoms with Crippen molar-refractivity contribution >= 4 is 0 Å². The Balaban J connectivity index is 2.23. The van der Waals surface area contributed by atoms with Crippen molar-refractivity contribution < 1.29 is 4.74 Å². The van der Waals surface area contributed by atoms with Gasteiger partial charge < -0.3 is 10.1 Å². The first-order valence-corrected chi connectivity index (χ1v) is 6.92. The van der Waals surface area contributed by atoms with Gasteiger partial charge in [0.2, 0.25) is 0 Å². The average Bonchev–Trinajstić information content (AvgIpc) is 2.33. The molecule has 0 spiro atoms. The van der Waals surface area contributed by atoms with E-state index < -0.39 is 0 Å². The van der Waals surface area contributed by atoms with E-state index in [9.17, 15) is 0 Å². The van der Waals surface area contributed by atoms with E-state index in [1.807, 2.05) is 6.07 Å². The Hall–Kier alpha value is -0.860. The van der Waals surface area contributed by atoms with Crippen LogP contribution in [0, 0.1) is 0 Å². The molecule has 0 aliphatic heterocycles. The van der Waals surface area contributed by atoms with Crippen molar-refractivity contribution in [2.24, 2.45) is 0 Å². The third kappa shape index (κ3) is 6.77. The van der Waals surface area contributed by atoms with Crippen LogP contribution < -0.4 is 5.32 Å². The van der Waals surface area contributed by atoms with Crippen LogP contribution >= 0.6 is 0 Å². The number of hydrogen-bond acceptors (Lipinski definition) is 2. The lowest BCUT2D eigenvalue weighted by Gasteiger charge is -2.25. The summed E-state index contributed by atoms with van der Waals surface area (Å²) < 4.78 is 5.93. The Morgan fingerprint density at radius 1 is 1.17 bits per heavy atom. The van der Waals surface area contributed by atoms with E-state index in [4.69, 9.17) is 4.74 Å². The number of rotatable bonds is 7. The molecule has 2 nitrogen and oxygen atoms in total. The van der Waals surface area contributed by atoms with E-state index >= 15 is 0 Å². The minimum atomic E-state index is 0.163. The molecule has 1 unspecified atom stereocenters. The van der Waals surface area contributed by atoms with Crippen molar-refractivity contribution in [1.29, 1.82) is 0 Å². The van der Waals surface area contributed by atoms with Gasteiger partial charge >= 0.3 is 0 Å². The van der Waals surface area contributed by atoms with Crippen molar-refractivity contribution in [3.05, 3.63) is 35.9 Å². The zero-order valence-corrected chi connectivity index (χ0v) is 12.2. The van der Waals surface area contributed by atoms with E-state index in [0.29, 0.717) is 6.10 Å². The summed E-state index contributed by atoms with van der Waals surface area (Å²) in [6, 6.07) is 10.5. The molecule has 0 aromatic heterocycles. The van der Waals surface area contributed by atoms with Crippen molar-refractivity contribution in [1.82, 2.24) is 5.32 Å². The lowest BCUT2D eigenvalue weighted by molar-refractivity contribution is 0.0486. The molecular weight excluding hydrogens is 222 g/mol. The van der Waals surface area contributed by atoms with E-state index in [0.717, 1.165) is 26.0 Å². The van der Waals surface area contributed by atoms with Crippen LogP contribution in [-0.4, -0.2) is 24.8 Å². The van der Waals surface area contributed by atoms with Gasteiger partial charge in [-0.15, -0.1) is 0 Å². The molecule has 1 aromatic rings. The zero-order chi connectivity index (χ0) is 13.4. The maximum Gasteiger partial charge on any atom is 0.0697 e. The van der Waals surface area contributed by atoms with E-state index in [1.165, 1.54) is 5.56 Å². The van der Waals surface area contributed by atoms with Crippen molar-refractivity contribution in [3.8, 4) is 0 Å². The molecule has 2 heteroatoms. The Morgan fingerprint density at radius 2 is 1.83 bits per heavy atom. The Morgan fingerprint density at radius 3 is 2.39 bits per heavy atom. The number of nitrogens with one attached hydrogen (secondary N) is 1. The van der Waals surface area contributed by atoms with Crippen LogP contribution in [-0.2, 0) is 11.2 Å². The highest BCUT2D eigenvalue weighted by atomic mass is 16.5. The summed E-state index contributed by atoms with van der Waals surface area (Å²) in [4.78, 5) is 0. The molecule has 0 saturated heterocycles. The molecule has 0 amide bonds. The summed E-state index contributed by atoms with van der Waals surface area (Å²) in [6.07, 6.45) is 2.36. The predicted octanol–water partition coefficient (Wildman–Crippen LogP) is 3.41. The molecule has 0 fully saturated rings. The Labute approximate surface area is 112 Å². The van der Waals surface area contributed by atoms with Gasteiger partial charge in [-0.1, -0.05) is 37.3 Å². The van der Waals surface area contributed by atoms with Gasteiger partial charge in [0.05, 0.1) is 12.7 Å². The van der Waals surface area contributed by atoms with Crippen LogP contribution in [0.15, 0.2) is 30.3 Å². The van der Waals surface area contributed by atoms with Gasteiger partial charge in [0.1, 0.15) is 0 Å². The van der Waals surface area contributed by atoms with Gasteiger partial charge in [0.15, 0.2) is 0 Å². The molecule has 1 atom stereocenters. The van der Waals surface area contributed by atoms with Gasteiger partial charge in [0.25, 0.3) is 0 Å². The SMILES string of the molecule is CCC(CNC(C)(C)C)OCCc1ccccc1. The third-order valence-corrected chi connectivity index (χ3v) is 2.90. The number of benzene rings is 1. The summed E-state index contributed by atoms with van der Waals surface area (Å²) in [5, 5.41) is 3.50. The van der Waals surface area contributed by atoms with Gasteiger partial charge in [-0.3, -0.25) is 0 Å². The maximum atomic E-state index is 5.93. The Kier molecular flexibility index (Phi) is 6.37. The van der Waals surface area contributed by atoms with Gasteiger partial charge in [-0.25, -0.2) is 0 Å². The van der Waals surface area contributed by atoms with Gasteiger partial charge in [0, 0.05) is 12.1 Å². The minimum Gasteiger partial charge on any atom is -0.377 e. The van der Waals surface area contributed by atoms with E-state index in [-0.39, 0.29) is 5.54 Å². The molecule has 1 aromatic carbocycles. The molecule has 0 radical (unpaired) electrons. The second-order valence-electron chi connectivity index (χ2n) is 5.77. The van der Waals surface area contributed by atoms with E-state index in [1.54, 1.807) is 0 Å². The van der Waals surface area contributed by atoms with Crippen molar-refractivity contribution in [2.75, 3.05) is 13.2 Å². The first kappa shape index (κ1) is 15.2. The van der Waals surface area contributed by atoms with Crippen molar-refractivity contribution in [2.45, 2.75) is 52.2 Å².